The highest BCUT2D eigenvalue weighted by Gasteiger charge is 2.29. The number of likely N-dealkylation sites (N-methyl/N-ethyl adjacent to an activating group) is 1. The number of aromatic nitrogens is 2. The number of hydrogen-bond acceptors (Lipinski definition) is 3. The lowest BCUT2D eigenvalue weighted by Gasteiger charge is -2.30. The molecular weight excluding hydrogens is 260 g/mol. The Kier molecular flexibility index (Phi) is 3.72. The van der Waals surface area contributed by atoms with E-state index in [0.717, 1.165) is 0 Å². The lowest BCUT2D eigenvalue weighted by atomic mass is 10.1. The van der Waals surface area contributed by atoms with E-state index in [9.17, 15) is 0 Å². The number of imidazole rings is 1. The topological polar surface area (TPSA) is 47.1 Å². The van der Waals surface area contributed by atoms with Crippen LogP contribution in [0.2, 0.25) is 0 Å². The smallest absolute Gasteiger partial charge is 0.0951 e. The molecule has 21 heavy (non-hydrogen) atoms. The van der Waals surface area contributed by atoms with Crippen molar-refractivity contribution in [2.75, 3.05) is 18.5 Å². The molecule has 4 heteroatoms. The van der Waals surface area contributed by atoms with Gasteiger partial charge in [0, 0.05) is 25.3 Å². The number of hydrogen-bond donors (Lipinski definition) is 1. The zero-order valence-corrected chi connectivity index (χ0v) is 13.1. The van der Waals surface area contributed by atoms with Gasteiger partial charge in [0.15, 0.2) is 0 Å². The molecule has 3 rings (SSSR count). The highest BCUT2D eigenvalue weighted by Crippen LogP contribution is 2.38. The molecule has 0 amide bonds. The van der Waals surface area contributed by atoms with Crippen molar-refractivity contribution >= 4 is 5.69 Å². The molecule has 1 atom stereocenters. The molecule has 0 spiro atoms. The van der Waals surface area contributed by atoms with Gasteiger partial charge in [-0.1, -0.05) is 6.07 Å². The van der Waals surface area contributed by atoms with Crippen LogP contribution in [-0.4, -0.2) is 23.1 Å². The van der Waals surface area contributed by atoms with Crippen molar-refractivity contribution in [1.29, 1.82) is 0 Å². The van der Waals surface area contributed by atoms with Crippen molar-refractivity contribution in [2.24, 2.45) is 5.73 Å². The first-order chi connectivity index (χ1) is 10.1. The van der Waals surface area contributed by atoms with Crippen LogP contribution in [-0.2, 0) is 0 Å². The molecule has 1 aliphatic carbocycles. The number of nitrogens with two attached hydrogens (primary N) is 1. The van der Waals surface area contributed by atoms with Crippen LogP contribution in [0.15, 0.2) is 30.7 Å². The lowest BCUT2D eigenvalue weighted by molar-refractivity contribution is 0.594. The minimum absolute atomic E-state index is 0.161. The van der Waals surface area contributed by atoms with E-state index in [1.54, 1.807) is 0 Å². The van der Waals surface area contributed by atoms with E-state index in [1.807, 2.05) is 12.5 Å². The van der Waals surface area contributed by atoms with Crippen molar-refractivity contribution < 1.29 is 0 Å². The van der Waals surface area contributed by atoms with Gasteiger partial charge in [-0.2, -0.15) is 0 Å². The third kappa shape index (κ3) is 2.81. The standard InChI is InChI=1S/C17H24N4/c1-12-6-13(2)8-15(7-12)20(3)16(9-18)17-10-19-11-21(17)14-4-5-14/h6-8,10-11,14,16H,4-5,9,18H2,1-3H3. The maximum atomic E-state index is 6.09. The van der Waals surface area contributed by atoms with E-state index in [0.29, 0.717) is 12.6 Å². The Labute approximate surface area is 126 Å². The fraction of sp³-hybridized carbons (Fsp3) is 0.471. The molecule has 1 aliphatic rings. The lowest BCUT2D eigenvalue weighted by Crippen LogP contribution is -2.32. The van der Waals surface area contributed by atoms with Gasteiger partial charge in [0.25, 0.3) is 0 Å². The van der Waals surface area contributed by atoms with Crippen molar-refractivity contribution in [1.82, 2.24) is 9.55 Å². The van der Waals surface area contributed by atoms with Gasteiger partial charge in [-0.15, -0.1) is 0 Å². The van der Waals surface area contributed by atoms with E-state index in [-0.39, 0.29) is 6.04 Å². The molecule has 1 aromatic carbocycles. The summed E-state index contributed by atoms with van der Waals surface area (Å²) < 4.78 is 2.30. The average molecular weight is 284 g/mol. The third-order valence-corrected chi connectivity index (χ3v) is 4.28. The molecular formula is C17H24N4. The van der Waals surface area contributed by atoms with Crippen LogP contribution in [0.3, 0.4) is 0 Å². The average Bonchev–Trinajstić information content (AvgIpc) is 3.18. The summed E-state index contributed by atoms with van der Waals surface area (Å²) in [6, 6.07) is 7.42. The number of anilines is 1. The second kappa shape index (κ2) is 5.53. The Balaban J connectivity index is 1.93. The van der Waals surface area contributed by atoms with E-state index in [4.69, 9.17) is 5.73 Å². The molecule has 1 saturated carbocycles. The molecule has 0 bridgehead atoms. The van der Waals surface area contributed by atoms with Crippen LogP contribution < -0.4 is 10.6 Å². The number of aryl methyl sites for hydroxylation is 2. The summed E-state index contributed by atoms with van der Waals surface area (Å²) in [6.07, 6.45) is 6.43. The van der Waals surface area contributed by atoms with E-state index in [1.165, 1.54) is 35.3 Å². The summed E-state index contributed by atoms with van der Waals surface area (Å²) >= 11 is 0. The molecule has 0 radical (unpaired) electrons. The van der Waals surface area contributed by atoms with Crippen LogP contribution >= 0.6 is 0 Å². The van der Waals surface area contributed by atoms with Crippen molar-refractivity contribution in [3.05, 3.63) is 47.5 Å². The molecule has 1 unspecified atom stereocenters. The number of benzene rings is 1. The first-order valence-electron chi connectivity index (χ1n) is 7.63. The van der Waals surface area contributed by atoms with E-state index < -0.39 is 0 Å². The molecule has 1 aromatic heterocycles. The van der Waals surface area contributed by atoms with Crippen LogP contribution in [0.25, 0.3) is 0 Å². The number of rotatable bonds is 5. The van der Waals surface area contributed by atoms with Crippen LogP contribution in [0.4, 0.5) is 5.69 Å². The zero-order valence-electron chi connectivity index (χ0n) is 13.1. The second-order valence-electron chi connectivity index (χ2n) is 6.17. The summed E-state index contributed by atoms with van der Waals surface area (Å²) in [7, 11) is 2.12. The highest BCUT2D eigenvalue weighted by molar-refractivity contribution is 5.52. The molecule has 0 saturated heterocycles. The fourth-order valence-corrected chi connectivity index (χ4v) is 3.04. The summed E-state index contributed by atoms with van der Waals surface area (Å²) in [5, 5.41) is 0. The van der Waals surface area contributed by atoms with Gasteiger partial charge >= 0.3 is 0 Å². The maximum Gasteiger partial charge on any atom is 0.0951 e. The normalized spacial score (nSPS) is 16.0. The highest BCUT2D eigenvalue weighted by atomic mass is 15.2. The van der Waals surface area contributed by atoms with Gasteiger partial charge < -0.3 is 15.2 Å². The summed E-state index contributed by atoms with van der Waals surface area (Å²) in [4.78, 5) is 6.62. The maximum absolute atomic E-state index is 6.09. The number of nitrogens with zero attached hydrogens (tertiary/aromatic N) is 3. The monoisotopic (exact) mass is 284 g/mol. The zero-order chi connectivity index (χ0) is 15.0. The summed E-state index contributed by atoms with van der Waals surface area (Å²) in [5.74, 6) is 0. The molecule has 112 valence electrons. The Hall–Kier alpha value is -1.81. The Morgan fingerprint density at radius 2 is 1.95 bits per heavy atom. The quantitative estimate of drug-likeness (QED) is 0.918. The van der Waals surface area contributed by atoms with Crippen molar-refractivity contribution in [3.8, 4) is 0 Å². The van der Waals surface area contributed by atoms with Crippen LogP contribution in [0.5, 0.6) is 0 Å². The predicted octanol–water partition coefficient (Wildman–Crippen LogP) is 2.97. The first kappa shape index (κ1) is 14.1. The van der Waals surface area contributed by atoms with Gasteiger partial charge in [-0.3, -0.25) is 0 Å². The van der Waals surface area contributed by atoms with Crippen molar-refractivity contribution in [2.45, 2.75) is 38.8 Å². The van der Waals surface area contributed by atoms with Gasteiger partial charge in [0.2, 0.25) is 0 Å². The minimum Gasteiger partial charge on any atom is -0.365 e. The van der Waals surface area contributed by atoms with Crippen LogP contribution in [0, 0.1) is 13.8 Å². The Morgan fingerprint density at radius 3 is 2.52 bits per heavy atom. The van der Waals surface area contributed by atoms with Gasteiger partial charge in [0.05, 0.1) is 24.3 Å². The van der Waals surface area contributed by atoms with E-state index >= 15 is 0 Å². The molecule has 2 aromatic rings. The summed E-state index contributed by atoms with van der Waals surface area (Å²) in [6.45, 7) is 4.86. The predicted molar refractivity (Wildman–Crippen MR) is 86.6 cm³/mol. The van der Waals surface area contributed by atoms with E-state index in [2.05, 4.69) is 53.5 Å². The molecule has 1 heterocycles. The van der Waals surface area contributed by atoms with Crippen molar-refractivity contribution in [3.63, 3.8) is 0 Å². The molecule has 4 nitrogen and oxygen atoms in total. The minimum atomic E-state index is 0.161. The van der Waals surface area contributed by atoms with Gasteiger partial charge in [0.1, 0.15) is 0 Å². The molecule has 0 aliphatic heterocycles. The third-order valence-electron chi connectivity index (χ3n) is 4.28. The Bertz CT molecular complexity index is 607. The first-order valence-corrected chi connectivity index (χ1v) is 7.63. The largest absolute Gasteiger partial charge is 0.365 e. The van der Waals surface area contributed by atoms with Crippen LogP contribution in [0.1, 0.15) is 41.7 Å². The fourth-order valence-electron chi connectivity index (χ4n) is 3.04. The summed E-state index contributed by atoms with van der Waals surface area (Å²) in [5.41, 5.74) is 11.1. The molecule has 2 N–H and O–H groups in total. The second-order valence-corrected chi connectivity index (χ2v) is 6.17. The van der Waals surface area contributed by atoms with Gasteiger partial charge in [-0.25, -0.2) is 4.98 Å². The Morgan fingerprint density at radius 1 is 1.29 bits per heavy atom. The molecule has 1 fully saturated rings. The van der Waals surface area contributed by atoms with Gasteiger partial charge in [-0.05, 0) is 49.9 Å². The SMILES string of the molecule is Cc1cc(C)cc(N(C)C(CN)c2cncn2C2CC2)c1.